The third kappa shape index (κ3) is 2.51. The van der Waals surface area contributed by atoms with E-state index in [1.807, 2.05) is 0 Å². The summed E-state index contributed by atoms with van der Waals surface area (Å²) in [6.07, 6.45) is 0. The molecule has 0 atom stereocenters. The number of rotatable bonds is 2. The Balaban J connectivity index is 3.08. The number of hydrogen-bond donors (Lipinski definition) is 2. The van der Waals surface area contributed by atoms with Crippen molar-refractivity contribution in [3.05, 3.63) is 26.9 Å². The maximum atomic E-state index is 11.1. The highest BCUT2D eigenvalue weighted by Crippen LogP contribution is 1.92. The van der Waals surface area contributed by atoms with E-state index >= 15 is 0 Å². The predicted octanol–water partition coefficient (Wildman–Crippen LogP) is 0.609. The van der Waals surface area contributed by atoms with Gasteiger partial charge in [-0.2, -0.15) is 0 Å². The fraction of sp³-hybridized carbons (Fsp3) is 0.286. The largest absolute Gasteiger partial charge is 0.461 e. The van der Waals surface area contributed by atoms with Crippen LogP contribution in [0.15, 0.2) is 10.9 Å². The van der Waals surface area contributed by atoms with Gasteiger partial charge in [-0.25, -0.2) is 4.79 Å². The summed E-state index contributed by atoms with van der Waals surface area (Å²) in [5.74, 6) is -0.584. The van der Waals surface area contributed by atoms with Gasteiger partial charge in [0.1, 0.15) is 5.69 Å². The van der Waals surface area contributed by atoms with E-state index < -0.39 is 11.5 Å². The van der Waals surface area contributed by atoms with Crippen LogP contribution in [0.5, 0.6) is 0 Å². The van der Waals surface area contributed by atoms with E-state index in [9.17, 15) is 9.59 Å². The van der Waals surface area contributed by atoms with Crippen LogP contribution in [0, 0.1) is 4.77 Å². The molecule has 13 heavy (non-hydrogen) atoms. The third-order valence-electron chi connectivity index (χ3n) is 1.26. The Morgan fingerprint density at radius 2 is 2.31 bits per heavy atom. The van der Waals surface area contributed by atoms with Gasteiger partial charge in [0, 0.05) is 6.07 Å². The van der Waals surface area contributed by atoms with Crippen LogP contribution in [0.4, 0.5) is 0 Å². The quantitative estimate of drug-likeness (QED) is 0.541. The number of esters is 1. The van der Waals surface area contributed by atoms with Crippen molar-refractivity contribution in [1.82, 2.24) is 9.97 Å². The van der Waals surface area contributed by atoms with Crippen molar-refractivity contribution in [1.29, 1.82) is 0 Å². The Labute approximate surface area is 78.8 Å². The molecule has 0 saturated heterocycles. The number of aromatic nitrogens is 2. The van der Waals surface area contributed by atoms with Gasteiger partial charge in [-0.15, -0.1) is 0 Å². The first-order chi connectivity index (χ1) is 6.13. The van der Waals surface area contributed by atoms with E-state index in [2.05, 4.69) is 26.9 Å². The normalized spacial score (nSPS) is 9.62. The molecule has 6 heteroatoms. The number of nitrogens with one attached hydrogen (secondary N) is 2. The fourth-order valence-electron chi connectivity index (χ4n) is 0.788. The van der Waals surface area contributed by atoms with Gasteiger partial charge in [0.15, 0.2) is 4.77 Å². The average Bonchev–Trinajstić information content (AvgIpc) is 2.03. The van der Waals surface area contributed by atoms with Gasteiger partial charge >= 0.3 is 5.97 Å². The number of H-pyrrole nitrogens is 2. The summed E-state index contributed by atoms with van der Waals surface area (Å²) < 4.78 is 4.78. The third-order valence-corrected chi connectivity index (χ3v) is 1.46. The molecule has 1 aromatic rings. The van der Waals surface area contributed by atoms with Gasteiger partial charge in [0.05, 0.1) is 6.61 Å². The van der Waals surface area contributed by atoms with Gasteiger partial charge in [-0.05, 0) is 19.1 Å². The molecule has 70 valence electrons. The molecular formula is C7H8N2O3S. The van der Waals surface area contributed by atoms with Gasteiger partial charge in [-0.3, -0.25) is 9.78 Å². The molecule has 0 aliphatic carbocycles. The van der Waals surface area contributed by atoms with Crippen molar-refractivity contribution in [2.45, 2.75) is 6.92 Å². The van der Waals surface area contributed by atoms with E-state index in [1.54, 1.807) is 6.92 Å². The minimum absolute atomic E-state index is 0.0654. The topological polar surface area (TPSA) is 75.0 Å². The second kappa shape index (κ2) is 3.99. The second-order valence-corrected chi connectivity index (χ2v) is 2.63. The van der Waals surface area contributed by atoms with E-state index in [0.29, 0.717) is 0 Å². The van der Waals surface area contributed by atoms with Crippen LogP contribution in [-0.4, -0.2) is 22.5 Å². The van der Waals surface area contributed by atoms with Crippen molar-refractivity contribution in [3.63, 3.8) is 0 Å². The van der Waals surface area contributed by atoms with E-state index in [0.717, 1.165) is 6.07 Å². The molecule has 0 saturated carbocycles. The monoisotopic (exact) mass is 200 g/mol. The van der Waals surface area contributed by atoms with Crippen LogP contribution >= 0.6 is 12.2 Å². The van der Waals surface area contributed by atoms with Crippen LogP contribution < -0.4 is 5.56 Å². The maximum Gasteiger partial charge on any atom is 0.355 e. The van der Waals surface area contributed by atoms with E-state index in [-0.39, 0.29) is 17.1 Å². The summed E-state index contributed by atoms with van der Waals surface area (Å²) in [5.41, 5.74) is -0.359. The van der Waals surface area contributed by atoms with Crippen LogP contribution in [-0.2, 0) is 4.74 Å². The molecule has 5 nitrogen and oxygen atoms in total. The van der Waals surface area contributed by atoms with E-state index in [4.69, 9.17) is 0 Å². The second-order valence-electron chi connectivity index (χ2n) is 2.22. The molecule has 0 aromatic carbocycles. The number of carbonyl (C=O) groups excluding carboxylic acids is 1. The Hall–Kier alpha value is -1.43. The van der Waals surface area contributed by atoms with Crippen LogP contribution in [0.25, 0.3) is 0 Å². The molecule has 0 spiro atoms. The molecule has 0 unspecified atom stereocenters. The molecule has 0 bridgehead atoms. The minimum atomic E-state index is -0.584. The lowest BCUT2D eigenvalue weighted by molar-refractivity contribution is 0.0519. The van der Waals surface area contributed by atoms with Crippen molar-refractivity contribution in [2.24, 2.45) is 0 Å². The highest BCUT2D eigenvalue weighted by molar-refractivity contribution is 7.71. The molecule has 0 aliphatic heterocycles. The Morgan fingerprint density at radius 3 is 2.85 bits per heavy atom. The Kier molecular flexibility index (Phi) is 2.97. The lowest BCUT2D eigenvalue weighted by Crippen LogP contribution is -2.14. The maximum absolute atomic E-state index is 11.1. The van der Waals surface area contributed by atoms with Crippen molar-refractivity contribution in [3.8, 4) is 0 Å². The molecule has 0 amide bonds. The first kappa shape index (κ1) is 9.66. The average molecular weight is 200 g/mol. The molecule has 1 aromatic heterocycles. The number of aromatic amines is 2. The summed E-state index contributed by atoms with van der Waals surface area (Å²) in [4.78, 5) is 26.8. The molecule has 0 aliphatic rings. The zero-order valence-electron chi connectivity index (χ0n) is 6.92. The number of carbonyl (C=O) groups is 1. The van der Waals surface area contributed by atoms with Crippen molar-refractivity contribution >= 4 is 18.2 Å². The van der Waals surface area contributed by atoms with Crippen molar-refractivity contribution < 1.29 is 9.53 Å². The molecular weight excluding hydrogens is 192 g/mol. The highest BCUT2D eigenvalue weighted by Gasteiger charge is 2.06. The summed E-state index contributed by atoms with van der Waals surface area (Å²) in [7, 11) is 0. The SMILES string of the molecule is CCOC(=O)c1cc(=O)[nH]c(=S)[nH]1. The molecule has 0 radical (unpaired) electrons. The predicted molar refractivity (Wildman–Crippen MR) is 48.2 cm³/mol. The first-order valence-electron chi connectivity index (χ1n) is 3.64. The first-order valence-corrected chi connectivity index (χ1v) is 4.05. The summed E-state index contributed by atoms with van der Waals surface area (Å²) >= 11 is 4.67. The Bertz CT molecular complexity index is 392. The van der Waals surface area contributed by atoms with Gasteiger partial charge in [0.25, 0.3) is 5.56 Å². The lowest BCUT2D eigenvalue weighted by Gasteiger charge is -1.99. The van der Waals surface area contributed by atoms with Gasteiger partial charge in [0.2, 0.25) is 0 Å². The zero-order chi connectivity index (χ0) is 9.84. The van der Waals surface area contributed by atoms with Crippen LogP contribution in [0.1, 0.15) is 17.4 Å². The molecule has 1 rings (SSSR count). The summed E-state index contributed by atoms with van der Waals surface area (Å²) in [6, 6.07) is 1.10. The van der Waals surface area contributed by atoms with E-state index in [1.165, 1.54) is 0 Å². The number of hydrogen-bond acceptors (Lipinski definition) is 4. The van der Waals surface area contributed by atoms with Crippen molar-refractivity contribution in [2.75, 3.05) is 6.61 Å². The van der Waals surface area contributed by atoms with Crippen LogP contribution in [0.3, 0.4) is 0 Å². The Morgan fingerprint density at radius 1 is 1.62 bits per heavy atom. The summed E-state index contributed by atoms with van der Waals surface area (Å²) in [6.45, 7) is 1.94. The number of ether oxygens (including phenoxy) is 1. The lowest BCUT2D eigenvalue weighted by atomic mass is 10.4. The van der Waals surface area contributed by atoms with Crippen LogP contribution in [0.2, 0.25) is 0 Å². The smallest absolute Gasteiger partial charge is 0.355 e. The zero-order valence-corrected chi connectivity index (χ0v) is 7.73. The molecule has 0 fully saturated rings. The summed E-state index contributed by atoms with van der Waals surface area (Å²) in [5, 5.41) is 0. The molecule has 1 heterocycles. The fourth-order valence-corrected chi connectivity index (χ4v) is 0.998. The molecule has 2 N–H and O–H groups in total. The van der Waals surface area contributed by atoms with Gasteiger partial charge in [-0.1, -0.05) is 0 Å². The minimum Gasteiger partial charge on any atom is -0.461 e. The van der Waals surface area contributed by atoms with Gasteiger partial charge < -0.3 is 9.72 Å². The highest BCUT2D eigenvalue weighted by atomic mass is 32.1. The standard InChI is InChI=1S/C7H8N2O3S/c1-2-12-6(11)4-3-5(10)9-7(13)8-4/h3H,2H2,1H3,(H2,8,9,10,13).